The number of carboxylic acids is 1. The molecular formula is C22H24N2O4S. The van der Waals surface area contributed by atoms with Gasteiger partial charge in [-0.15, -0.1) is 0 Å². The van der Waals surface area contributed by atoms with Crippen molar-refractivity contribution in [3.05, 3.63) is 65.7 Å². The van der Waals surface area contributed by atoms with E-state index in [1.807, 2.05) is 42.5 Å². The fourth-order valence-corrected chi connectivity index (χ4v) is 3.78. The molecule has 1 aliphatic heterocycles. The first kappa shape index (κ1) is 20.9. The summed E-state index contributed by atoms with van der Waals surface area (Å²) in [6.07, 6.45) is 1.36. The number of hydrogen-bond donors (Lipinski definition) is 3. The van der Waals surface area contributed by atoms with Crippen LogP contribution in [-0.2, 0) is 27.2 Å². The Bertz CT molecular complexity index is 914. The van der Waals surface area contributed by atoms with Crippen LogP contribution in [0.15, 0.2) is 54.6 Å². The molecule has 2 aromatic carbocycles. The number of carbonyl (C=O) groups is 3. The number of anilines is 1. The number of rotatable bonds is 6. The Balaban J connectivity index is 1.79. The largest absolute Gasteiger partial charge is 0.480 e. The third kappa shape index (κ3) is 4.98. The third-order valence-corrected chi connectivity index (χ3v) is 5.39. The van der Waals surface area contributed by atoms with Crippen LogP contribution in [0.3, 0.4) is 0 Å². The third-order valence-electron chi connectivity index (χ3n) is 5.03. The minimum absolute atomic E-state index is 0.357. The van der Waals surface area contributed by atoms with E-state index in [0.717, 1.165) is 11.1 Å². The zero-order valence-corrected chi connectivity index (χ0v) is 17.1. The molecule has 0 aliphatic carbocycles. The maximum absolute atomic E-state index is 13.1. The van der Waals surface area contributed by atoms with E-state index in [4.69, 9.17) is 0 Å². The van der Waals surface area contributed by atoms with E-state index in [1.165, 1.54) is 4.90 Å². The highest BCUT2D eigenvalue weighted by Gasteiger charge is 2.36. The lowest BCUT2D eigenvalue weighted by atomic mass is 9.98. The number of para-hydroxylation sites is 1. The smallest absolute Gasteiger partial charge is 0.323 e. The van der Waals surface area contributed by atoms with Crippen molar-refractivity contribution in [2.45, 2.75) is 37.0 Å². The highest BCUT2D eigenvalue weighted by atomic mass is 32.1. The summed E-state index contributed by atoms with van der Waals surface area (Å²) in [5, 5.41) is 12.1. The van der Waals surface area contributed by atoms with Gasteiger partial charge in [-0.25, -0.2) is 0 Å². The number of aryl methyl sites for hydroxylation is 1. The van der Waals surface area contributed by atoms with Crippen LogP contribution in [0.1, 0.15) is 24.5 Å². The van der Waals surface area contributed by atoms with Gasteiger partial charge in [-0.1, -0.05) is 48.5 Å². The molecule has 0 unspecified atom stereocenters. The number of aliphatic carboxylic acids is 1. The topological polar surface area (TPSA) is 86.7 Å². The van der Waals surface area contributed by atoms with Gasteiger partial charge in [0, 0.05) is 5.69 Å². The lowest BCUT2D eigenvalue weighted by Gasteiger charge is -2.28. The van der Waals surface area contributed by atoms with Gasteiger partial charge < -0.3 is 10.4 Å². The number of thiol groups is 1. The maximum atomic E-state index is 13.1. The molecular weight excluding hydrogens is 388 g/mol. The van der Waals surface area contributed by atoms with Gasteiger partial charge in [0.2, 0.25) is 11.8 Å². The Morgan fingerprint density at radius 2 is 1.83 bits per heavy atom. The minimum atomic E-state index is -1.11. The number of carboxylic acid groups (broad SMARTS) is 1. The molecule has 152 valence electrons. The molecule has 0 spiro atoms. The van der Waals surface area contributed by atoms with E-state index in [-0.39, 0.29) is 5.91 Å². The van der Waals surface area contributed by atoms with Gasteiger partial charge in [0.05, 0.1) is 4.75 Å². The standard InChI is InChI=1S/C22H24N2O4S/c1-22(29,13-15-7-3-2-4-8-15)21(28)23-17-12-11-16-9-5-6-10-18(16)24(20(17)27)14-19(25)26/h2-10,17,29H,11-14H2,1H3,(H,23,28)(H,25,26)/t17-,22+/m1/s1. The van der Waals surface area contributed by atoms with E-state index in [2.05, 4.69) is 17.9 Å². The number of nitrogens with one attached hydrogen (secondary N) is 1. The molecule has 3 rings (SSSR count). The average molecular weight is 413 g/mol. The summed E-state index contributed by atoms with van der Waals surface area (Å²) in [7, 11) is 0. The van der Waals surface area contributed by atoms with Gasteiger partial charge in [0.1, 0.15) is 12.6 Å². The molecule has 7 heteroatoms. The SMILES string of the molecule is C[C@](S)(Cc1ccccc1)C(=O)N[C@@H]1CCc2ccccc2N(CC(=O)O)C1=O. The van der Waals surface area contributed by atoms with Crippen LogP contribution < -0.4 is 10.2 Å². The molecule has 2 atom stereocenters. The molecule has 0 bridgehead atoms. The highest BCUT2D eigenvalue weighted by molar-refractivity contribution is 7.82. The number of amides is 2. The van der Waals surface area contributed by atoms with Crippen LogP contribution >= 0.6 is 12.6 Å². The molecule has 2 amide bonds. The lowest BCUT2D eigenvalue weighted by molar-refractivity contribution is -0.137. The van der Waals surface area contributed by atoms with Crippen LogP contribution in [0.2, 0.25) is 0 Å². The highest BCUT2D eigenvalue weighted by Crippen LogP contribution is 2.28. The van der Waals surface area contributed by atoms with Crippen molar-refractivity contribution >= 4 is 36.1 Å². The van der Waals surface area contributed by atoms with Crippen LogP contribution in [0.5, 0.6) is 0 Å². The molecule has 0 aromatic heterocycles. The predicted octanol–water partition coefficient (Wildman–Crippen LogP) is 2.47. The van der Waals surface area contributed by atoms with Crippen LogP contribution in [0.25, 0.3) is 0 Å². The number of fused-ring (bicyclic) bond motifs is 1. The van der Waals surface area contributed by atoms with Gasteiger partial charge in [0.15, 0.2) is 0 Å². The number of hydrogen-bond acceptors (Lipinski definition) is 4. The van der Waals surface area contributed by atoms with Crippen molar-refractivity contribution in [1.82, 2.24) is 5.32 Å². The second-order valence-electron chi connectivity index (χ2n) is 7.45. The van der Waals surface area contributed by atoms with Crippen molar-refractivity contribution < 1.29 is 19.5 Å². The van der Waals surface area contributed by atoms with Crippen LogP contribution in [0, 0.1) is 0 Å². The van der Waals surface area contributed by atoms with E-state index in [1.54, 1.807) is 19.1 Å². The Hall–Kier alpha value is -2.80. The fraction of sp³-hybridized carbons (Fsp3) is 0.318. The monoisotopic (exact) mass is 412 g/mol. The summed E-state index contributed by atoms with van der Waals surface area (Å²) in [5.41, 5.74) is 2.43. The summed E-state index contributed by atoms with van der Waals surface area (Å²) in [4.78, 5) is 38.6. The van der Waals surface area contributed by atoms with Crippen molar-refractivity contribution in [3.8, 4) is 0 Å². The Kier molecular flexibility index (Phi) is 6.27. The van der Waals surface area contributed by atoms with Crippen LogP contribution in [0.4, 0.5) is 5.69 Å². The summed E-state index contributed by atoms with van der Waals surface area (Å²) in [6.45, 7) is 1.26. The van der Waals surface area contributed by atoms with Crippen molar-refractivity contribution in [2.24, 2.45) is 0 Å². The van der Waals surface area contributed by atoms with Gasteiger partial charge in [-0.05, 0) is 43.4 Å². The average Bonchev–Trinajstić information content (AvgIpc) is 2.80. The van der Waals surface area contributed by atoms with Gasteiger partial charge in [0.25, 0.3) is 0 Å². The Morgan fingerprint density at radius 1 is 1.17 bits per heavy atom. The first-order chi connectivity index (χ1) is 13.8. The Morgan fingerprint density at radius 3 is 2.52 bits per heavy atom. The van der Waals surface area contributed by atoms with Gasteiger partial charge in [-0.2, -0.15) is 12.6 Å². The predicted molar refractivity (Wildman–Crippen MR) is 114 cm³/mol. The normalized spacial score (nSPS) is 18.3. The molecule has 0 saturated carbocycles. The zero-order valence-electron chi connectivity index (χ0n) is 16.2. The molecule has 29 heavy (non-hydrogen) atoms. The van der Waals surface area contributed by atoms with E-state index < -0.39 is 29.2 Å². The lowest BCUT2D eigenvalue weighted by Crippen LogP contribution is -2.53. The molecule has 2 N–H and O–H groups in total. The number of nitrogens with zero attached hydrogens (tertiary/aromatic N) is 1. The minimum Gasteiger partial charge on any atom is -0.480 e. The van der Waals surface area contributed by atoms with E-state index in [0.29, 0.717) is 24.9 Å². The first-order valence-electron chi connectivity index (χ1n) is 9.46. The van der Waals surface area contributed by atoms with Crippen molar-refractivity contribution in [2.75, 3.05) is 11.4 Å². The number of carbonyl (C=O) groups excluding carboxylic acids is 2. The zero-order chi connectivity index (χ0) is 21.0. The molecule has 6 nitrogen and oxygen atoms in total. The van der Waals surface area contributed by atoms with Crippen molar-refractivity contribution in [3.63, 3.8) is 0 Å². The summed E-state index contributed by atoms with van der Waals surface area (Å²) in [6, 6.07) is 16.0. The van der Waals surface area contributed by atoms with Gasteiger partial charge in [-0.3, -0.25) is 19.3 Å². The summed E-state index contributed by atoms with van der Waals surface area (Å²) in [5.74, 6) is -1.89. The second-order valence-corrected chi connectivity index (χ2v) is 8.43. The maximum Gasteiger partial charge on any atom is 0.323 e. The molecule has 2 aromatic rings. The quantitative estimate of drug-likeness (QED) is 0.636. The molecule has 0 fully saturated rings. The van der Waals surface area contributed by atoms with Gasteiger partial charge >= 0.3 is 5.97 Å². The Labute approximate surface area is 175 Å². The summed E-state index contributed by atoms with van der Waals surface area (Å²) < 4.78 is -1.02. The van der Waals surface area contributed by atoms with Crippen molar-refractivity contribution in [1.29, 1.82) is 0 Å². The summed E-state index contributed by atoms with van der Waals surface area (Å²) >= 11 is 4.55. The first-order valence-corrected chi connectivity index (χ1v) is 9.91. The van der Waals surface area contributed by atoms with E-state index in [9.17, 15) is 19.5 Å². The fourth-order valence-electron chi connectivity index (χ4n) is 3.54. The molecule has 1 aliphatic rings. The number of benzene rings is 2. The molecule has 1 heterocycles. The second kappa shape index (κ2) is 8.69. The molecule has 0 saturated heterocycles. The van der Waals surface area contributed by atoms with Crippen LogP contribution in [-0.4, -0.2) is 40.2 Å². The molecule has 0 radical (unpaired) electrons. The van der Waals surface area contributed by atoms with E-state index >= 15 is 0 Å².